The Hall–Kier alpha value is 0.160. The molecule has 0 saturated carbocycles. The van der Waals surface area contributed by atoms with Crippen LogP contribution in [0.3, 0.4) is 0 Å². The average Bonchev–Trinajstić information content (AvgIpc) is 1.58. The molecule has 8 heteroatoms. The fourth-order valence-electron chi connectivity index (χ4n) is 0.161. The molecule has 0 heterocycles. The van der Waals surface area contributed by atoms with E-state index in [0.717, 1.165) is 0 Å². The first-order valence-corrected chi connectivity index (χ1v) is 2.77. The van der Waals surface area contributed by atoms with E-state index in [4.69, 9.17) is 0 Å². The highest BCUT2D eigenvalue weighted by molar-refractivity contribution is 6.49. The third kappa shape index (κ3) is 2.05. The molecule has 0 aromatic rings. The van der Waals surface area contributed by atoms with E-state index >= 15 is 0 Å². The van der Waals surface area contributed by atoms with Gasteiger partial charge in [0.2, 0.25) is 0 Å². The van der Waals surface area contributed by atoms with Crippen LogP contribution in [0.25, 0.3) is 0 Å². The second-order valence-electron chi connectivity index (χ2n) is 1.57. The quantitative estimate of drug-likeness (QED) is 0.434. The number of hydrogen-bond acceptors (Lipinski definition) is 0. The predicted octanol–water partition coefficient (Wildman–Crippen LogP) is 3.28. The molecular weight excluding hydrogens is 221 g/mol. The van der Waals surface area contributed by atoms with E-state index in [1.165, 1.54) is 0 Å². The van der Waals surface area contributed by atoms with Crippen molar-refractivity contribution in [2.24, 2.45) is 0 Å². The SMILES string of the molecule is FC(F)(F)C(Cl)(Cl)C(F)(F)F. The van der Waals surface area contributed by atoms with E-state index < -0.39 is 16.7 Å². The maximum atomic E-state index is 11.3. The highest BCUT2D eigenvalue weighted by atomic mass is 35.5. The van der Waals surface area contributed by atoms with Gasteiger partial charge in [0, 0.05) is 0 Å². The fourth-order valence-corrected chi connectivity index (χ4v) is 0.161. The molecule has 0 unspecified atom stereocenters. The summed E-state index contributed by atoms with van der Waals surface area (Å²) < 4.78 is 63.4. The van der Waals surface area contributed by atoms with Gasteiger partial charge in [0.15, 0.2) is 0 Å². The Balaban J connectivity index is 4.75. The Morgan fingerprint density at radius 1 is 0.636 bits per heavy atom. The minimum Gasteiger partial charge on any atom is -0.167 e. The molecule has 0 aliphatic heterocycles. The van der Waals surface area contributed by atoms with Crippen LogP contribution in [0.2, 0.25) is 0 Å². The summed E-state index contributed by atoms with van der Waals surface area (Å²) >= 11 is 8.01. The van der Waals surface area contributed by atoms with E-state index in [0.29, 0.717) is 0 Å². The molecule has 0 nitrogen and oxygen atoms in total. The van der Waals surface area contributed by atoms with Gasteiger partial charge in [0.25, 0.3) is 0 Å². The lowest BCUT2D eigenvalue weighted by atomic mass is 10.4. The van der Waals surface area contributed by atoms with Gasteiger partial charge in [0.05, 0.1) is 0 Å². The van der Waals surface area contributed by atoms with E-state index in [1.807, 2.05) is 0 Å². The van der Waals surface area contributed by atoms with Crippen LogP contribution < -0.4 is 0 Å². The molecule has 0 bridgehead atoms. The third-order valence-corrected chi connectivity index (χ3v) is 1.57. The molecule has 0 aromatic heterocycles. The zero-order chi connectivity index (χ0) is 9.50. The van der Waals surface area contributed by atoms with Crippen LogP contribution in [-0.2, 0) is 0 Å². The Labute approximate surface area is 67.1 Å². The van der Waals surface area contributed by atoms with Crippen molar-refractivity contribution in [3.8, 4) is 0 Å². The summed E-state index contributed by atoms with van der Waals surface area (Å²) in [4.78, 5) is 0. The largest absolute Gasteiger partial charge is 0.430 e. The van der Waals surface area contributed by atoms with Gasteiger partial charge in [-0.2, -0.15) is 26.3 Å². The maximum Gasteiger partial charge on any atom is 0.430 e. The van der Waals surface area contributed by atoms with Crippen molar-refractivity contribution in [3.63, 3.8) is 0 Å². The Bertz CT molecular complexity index is 127. The second kappa shape index (κ2) is 2.58. The third-order valence-electron chi connectivity index (χ3n) is 0.712. The van der Waals surface area contributed by atoms with Crippen LogP contribution in [0, 0.1) is 0 Å². The minimum atomic E-state index is -5.71. The molecule has 0 fully saturated rings. The van der Waals surface area contributed by atoms with Gasteiger partial charge in [-0.05, 0) is 0 Å². The molecule has 11 heavy (non-hydrogen) atoms. The Kier molecular flexibility index (Phi) is 2.62. The van der Waals surface area contributed by atoms with Crippen molar-refractivity contribution >= 4 is 23.2 Å². The van der Waals surface area contributed by atoms with Gasteiger partial charge >= 0.3 is 16.7 Å². The van der Waals surface area contributed by atoms with Gasteiger partial charge in [-0.25, -0.2) is 0 Å². The number of hydrogen-bond donors (Lipinski definition) is 0. The summed E-state index contributed by atoms with van der Waals surface area (Å²) in [6.45, 7) is 0. The van der Waals surface area contributed by atoms with Crippen molar-refractivity contribution < 1.29 is 26.3 Å². The van der Waals surface area contributed by atoms with Gasteiger partial charge < -0.3 is 0 Å². The highest BCUT2D eigenvalue weighted by Gasteiger charge is 2.69. The first kappa shape index (κ1) is 11.2. The maximum absolute atomic E-state index is 11.3. The molecule has 0 spiro atoms. The molecule has 0 aromatic carbocycles. The van der Waals surface area contributed by atoms with E-state index in [1.54, 1.807) is 0 Å². The van der Waals surface area contributed by atoms with Crippen molar-refractivity contribution in [2.45, 2.75) is 16.7 Å². The molecule has 68 valence electrons. The van der Waals surface area contributed by atoms with Gasteiger partial charge in [-0.15, -0.1) is 0 Å². The molecule has 0 aliphatic carbocycles. The Morgan fingerprint density at radius 3 is 0.818 bits per heavy atom. The number of alkyl halides is 8. The Morgan fingerprint density at radius 2 is 0.818 bits per heavy atom. The minimum absolute atomic E-state index is 4.00. The molecule has 0 radical (unpaired) electrons. The van der Waals surface area contributed by atoms with Crippen molar-refractivity contribution in [1.29, 1.82) is 0 Å². The zero-order valence-corrected chi connectivity index (χ0v) is 6.04. The van der Waals surface area contributed by atoms with Crippen LogP contribution in [0.5, 0.6) is 0 Å². The average molecular weight is 221 g/mol. The smallest absolute Gasteiger partial charge is 0.167 e. The van der Waals surface area contributed by atoms with Gasteiger partial charge in [-0.3, -0.25) is 0 Å². The highest BCUT2D eigenvalue weighted by Crippen LogP contribution is 2.50. The van der Waals surface area contributed by atoms with E-state index in [9.17, 15) is 26.3 Å². The summed E-state index contributed by atoms with van der Waals surface area (Å²) in [5, 5.41) is 0. The molecule has 0 atom stereocenters. The van der Waals surface area contributed by atoms with Gasteiger partial charge in [0.1, 0.15) is 0 Å². The summed E-state index contributed by atoms with van der Waals surface area (Å²) in [5.74, 6) is 0. The topological polar surface area (TPSA) is 0 Å². The normalized spacial score (nSPS) is 15.3. The fraction of sp³-hybridized carbons (Fsp3) is 1.00. The molecule has 0 rings (SSSR count). The molecule has 0 N–H and O–H groups in total. The molecule has 0 amide bonds. The lowest BCUT2D eigenvalue weighted by Crippen LogP contribution is -2.47. The predicted molar refractivity (Wildman–Crippen MR) is 26.5 cm³/mol. The van der Waals surface area contributed by atoms with E-state index in [-0.39, 0.29) is 0 Å². The van der Waals surface area contributed by atoms with Gasteiger partial charge in [-0.1, -0.05) is 23.2 Å². The monoisotopic (exact) mass is 220 g/mol. The van der Waals surface area contributed by atoms with Crippen molar-refractivity contribution in [3.05, 3.63) is 0 Å². The summed E-state index contributed by atoms with van der Waals surface area (Å²) in [7, 11) is 0. The van der Waals surface area contributed by atoms with Crippen molar-refractivity contribution in [2.75, 3.05) is 0 Å². The number of halogens is 8. The second-order valence-corrected chi connectivity index (χ2v) is 2.90. The summed E-state index contributed by atoms with van der Waals surface area (Å²) in [6.07, 6.45) is -11.4. The molecular formula is C3Cl2F6. The van der Waals surface area contributed by atoms with Crippen LogP contribution in [0.15, 0.2) is 0 Å². The zero-order valence-electron chi connectivity index (χ0n) is 4.52. The first-order chi connectivity index (χ1) is 4.50. The first-order valence-electron chi connectivity index (χ1n) is 2.01. The van der Waals surface area contributed by atoms with Crippen LogP contribution in [-0.4, -0.2) is 16.7 Å². The number of rotatable bonds is 0. The molecule has 0 saturated heterocycles. The van der Waals surface area contributed by atoms with Crippen molar-refractivity contribution in [1.82, 2.24) is 0 Å². The summed E-state index contributed by atoms with van der Waals surface area (Å²) in [5.41, 5.74) is 0. The van der Waals surface area contributed by atoms with Crippen LogP contribution in [0.4, 0.5) is 26.3 Å². The lowest BCUT2D eigenvalue weighted by molar-refractivity contribution is -0.241. The van der Waals surface area contributed by atoms with Crippen LogP contribution in [0.1, 0.15) is 0 Å². The molecule has 0 aliphatic rings. The standard InChI is InChI=1S/C3Cl2F6/c4-1(5,2(6,7)8)3(9,10)11. The summed E-state index contributed by atoms with van der Waals surface area (Å²) in [6, 6.07) is 0. The van der Waals surface area contributed by atoms with Crippen LogP contribution >= 0.6 is 23.2 Å². The lowest BCUT2D eigenvalue weighted by Gasteiger charge is -2.24. The van der Waals surface area contributed by atoms with E-state index in [2.05, 4.69) is 23.2 Å².